The van der Waals surface area contributed by atoms with Crippen molar-refractivity contribution in [1.29, 1.82) is 0 Å². The minimum Gasteiger partial charge on any atom is -0.496 e. The van der Waals surface area contributed by atoms with Crippen molar-refractivity contribution in [3.8, 4) is 5.75 Å². The molecule has 1 aromatic rings. The van der Waals surface area contributed by atoms with Gasteiger partial charge in [-0.25, -0.2) is 8.78 Å². The van der Waals surface area contributed by atoms with Crippen LogP contribution in [0.3, 0.4) is 0 Å². The van der Waals surface area contributed by atoms with E-state index in [1.54, 1.807) is 0 Å². The summed E-state index contributed by atoms with van der Waals surface area (Å²) in [7, 11) is 2.46. The Kier molecular flexibility index (Phi) is 5.27. The van der Waals surface area contributed by atoms with Gasteiger partial charge in [0, 0.05) is 11.8 Å². The van der Waals surface area contributed by atoms with Crippen LogP contribution in [-0.4, -0.2) is 25.2 Å². The Morgan fingerprint density at radius 3 is 2.61 bits per heavy atom. The highest BCUT2D eigenvalue weighted by atomic mass is 35.5. The van der Waals surface area contributed by atoms with Crippen LogP contribution in [0.1, 0.15) is 23.2 Å². The lowest BCUT2D eigenvalue weighted by molar-refractivity contribution is -0.139. The third-order valence-corrected chi connectivity index (χ3v) is 2.59. The van der Waals surface area contributed by atoms with Crippen LogP contribution in [0.4, 0.5) is 8.78 Å². The number of pyridine rings is 1. The zero-order chi connectivity index (χ0) is 13.7. The number of hydrogen-bond acceptors (Lipinski definition) is 4. The Morgan fingerprint density at radius 2 is 2.17 bits per heavy atom. The van der Waals surface area contributed by atoms with Crippen molar-refractivity contribution >= 4 is 17.6 Å². The van der Waals surface area contributed by atoms with Gasteiger partial charge >= 0.3 is 5.97 Å². The van der Waals surface area contributed by atoms with E-state index in [2.05, 4.69) is 9.72 Å². The molecule has 0 aliphatic heterocycles. The number of hydrogen-bond donors (Lipinski definition) is 0. The molecular formula is C11H12ClF2NO3. The van der Waals surface area contributed by atoms with Gasteiger partial charge in [0.15, 0.2) is 0 Å². The summed E-state index contributed by atoms with van der Waals surface area (Å²) in [5.74, 6) is -0.788. The van der Waals surface area contributed by atoms with E-state index in [9.17, 15) is 13.6 Å². The smallest absolute Gasteiger partial charge is 0.310 e. The summed E-state index contributed by atoms with van der Waals surface area (Å²) in [5, 5.41) is 0. The number of alkyl halides is 3. The molecule has 0 aliphatic carbocycles. The molecule has 0 spiro atoms. The summed E-state index contributed by atoms with van der Waals surface area (Å²) in [6, 6.07) is 0. The molecule has 100 valence electrons. The largest absolute Gasteiger partial charge is 0.496 e. The topological polar surface area (TPSA) is 48.4 Å². The Labute approximate surface area is 108 Å². The van der Waals surface area contributed by atoms with Gasteiger partial charge in [-0.15, -0.1) is 11.6 Å². The molecule has 0 atom stereocenters. The SMILES string of the molecule is COC(=O)Cc1cnc(CCl)c(C(F)F)c1OC. The summed E-state index contributed by atoms with van der Waals surface area (Å²) in [6.07, 6.45) is -1.67. The molecule has 1 heterocycles. The molecule has 0 saturated carbocycles. The first kappa shape index (κ1) is 14.6. The van der Waals surface area contributed by atoms with Crippen LogP contribution < -0.4 is 4.74 Å². The average Bonchev–Trinajstić information content (AvgIpc) is 2.37. The van der Waals surface area contributed by atoms with Crippen molar-refractivity contribution in [2.24, 2.45) is 0 Å². The van der Waals surface area contributed by atoms with Gasteiger partial charge in [0.05, 0.1) is 37.8 Å². The molecule has 7 heteroatoms. The third-order valence-electron chi connectivity index (χ3n) is 2.33. The van der Waals surface area contributed by atoms with E-state index in [1.165, 1.54) is 20.4 Å². The van der Waals surface area contributed by atoms with Gasteiger partial charge in [-0.3, -0.25) is 9.78 Å². The molecule has 1 aromatic heterocycles. The van der Waals surface area contributed by atoms with E-state index in [4.69, 9.17) is 16.3 Å². The van der Waals surface area contributed by atoms with E-state index in [0.29, 0.717) is 0 Å². The van der Waals surface area contributed by atoms with Crippen LogP contribution in [0.25, 0.3) is 0 Å². The van der Waals surface area contributed by atoms with E-state index < -0.39 is 12.4 Å². The minimum absolute atomic E-state index is 0.0390. The number of methoxy groups -OCH3 is 2. The number of carbonyl (C=O) groups excluding carboxylic acids is 1. The van der Waals surface area contributed by atoms with Crippen molar-refractivity contribution < 1.29 is 23.0 Å². The van der Waals surface area contributed by atoms with Crippen molar-refractivity contribution in [2.45, 2.75) is 18.7 Å². The number of rotatable bonds is 5. The predicted octanol–water partition coefficient (Wildman–Crippen LogP) is 2.48. The fourth-order valence-electron chi connectivity index (χ4n) is 1.51. The summed E-state index contributed by atoms with van der Waals surface area (Å²) in [5.41, 5.74) is -0.0976. The number of ether oxygens (including phenoxy) is 2. The quantitative estimate of drug-likeness (QED) is 0.614. The molecule has 0 N–H and O–H groups in total. The number of nitrogens with zero attached hydrogens (tertiary/aromatic N) is 1. The lowest BCUT2D eigenvalue weighted by atomic mass is 10.1. The first-order valence-corrected chi connectivity index (χ1v) is 5.54. The molecule has 4 nitrogen and oxygen atoms in total. The monoisotopic (exact) mass is 279 g/mol. The van der Waals surface area contributed by atoms with E-state index in [-0.39, 0.29) is 34.9 Å². The summed E-state index contributed by atoms with van der Waals surface area (Å²) in [4.78, 5) is 15.0. The fraction of sp³-hybridized carbons (Fsp3) is 0.455. The highest BCUT2D eigenvalue weighted by molar-refractivity contribution is 6.17. The van der Waals surface area contributed by atoms with Gasteiger partial charge in [-0.2, -0.15) is 0 Å². The van der Waals surface area contributed by atoms with Crippen LogP contribution in [0, 0.1) is 0 Å². The minimum atomic E-state index is -2.78. The van der Waals surface area contributed by atoms with Gasteiger partial charge in [-0.05, 0) is 0 Å². The molecule has 0 bridgehead atoms. The van der Waals surface area contributed by atoms with Gasteiger partial charge in [0.25, 0.3) is 6.43 Å². The number of carbonyl (C=O) groups is 1. The van der Waals surface area contributed by atoms with Crippen LogP contribution in [-0.2, 0) is 21.8 Å². The summed E-state index contributed by atoms with van der Waals surface area (Å²) in [6.45, 7) is 0. The van der Waals surface area contributed by atoms with E-state index in [0.717, 1.165) is 0 Å². The fourth-order valence-corrected chi connectivity index (χ4v) is 1.73. The second-order valence-electron chi connectivity index (χ2n) is 3.36. The zero-order valence-corrected chi connectivity index (χ0v) is 10.6. The molecule has 0 radical (unpaired) electrons. The molecule has 0 fully saturated rings. The molecule has 0 aromatic carbocycles. The maximum atomic E-state index is 13.0. The summed E-state index contributed by atoms with van der Waals surface area (Å²) < 4.78 is 35.3. The Morgan fingerprint density at radius 1 is 1.50 bits per heavy atom. The molecule has 0 unspecified atom stereocenters. The van der Waals surface area contributed by atoms with Crippen LogP contribution in [0.2, 0.25) is 0 Å². The Balaban J connectivity index is 3.28. The normalized spacial score (nSPS) is 10.6. The zero-order valence-electron chi connectivity index (χ0n) is 9.87. The predicted molar refractivity (Wildman–Crippen MR) is 61.0 cm³/mol. The molecule has 0 amide bonds. The number of halogens is 3. The van der Waals surface area contributed by atoms with Gasteiger partial charge in [-0.1, -0.05) is 0 Å². The summed E-state index contributed by atoms with van der Waals surface area (Å²) >= 11 is 5.55. The first-order valence-electron chi connectivity index (χ1n) is 5.00. The molecular weight excluding hydrogens is 268 g/mol. The molecule has 0 saturated heterocycles. The standard InChI is InChI=1S/C11H12ClF2NO3/c1-17-8(16)3-6-5-15-7(4-12)9(11(13)14)10(6)18-2/h5,11H,3-4H2,1-2H3. The average molecular weight is 280 g/mol. The second-order valence-corrected chi connectivity index (χ2v) is 3.63. The van der Waals surface area contributed by atoms with Crippen molar-refractivity contribution in [3.05, 3.63) is 23.0 Å². The number of esters is 1. The van der Waals surface area contributed by atoms with E-state index in [1.807, 2.05) is 0 Å². The van der Waals surface area contributed by atoms with Crippen LogP contribution in [0.15, 0.2) is 6.20 Å². The number of aromatic nitrogens is 1. The van der Waals surface area contributed by atoms with Crippen LogP contribution in [0.5, 0.6) is 5.75 Å². The van der Waals surface area contributed by atoms with Gasteiger partial charge in [0.2, 0.25) is 0 Å². The van der Waals surface area contributed by atoms with Gasteiger partial charge < -0.3 is 9.47 Å². The van der Waals surface area contributed by atoms with Crippen molar-refractivity contribution in [2.75, 3.05) is 14.2 Å². The van der Waals surface area contributed by atoms with Crippen molar-refractivity contribution in [3.63, 3.8) is 0 Å². The molecule has 0 aliphatic rings. The lowest BCUT2D eigenvalue weighted by Crippen LogP contribution is -2.10. The highest BCUT2D eigenvalue weighted by Crippen LogP contribution is 2.35. The first-order chi connectivity index (χ1) is 8.54. The van der Waals surface area contributed by atoms with Crippen LogP contribution >= 0.6 is 11.6 Å². The maximum Gasteiger partial charge on any atom is 0.310 e. The lowest BCUT2D eigenvalue weighted by Gasteiger charge is -2.14. The maximum absolute atomic E-state index is 13.0. The third kappa shape index (κ3) is 3.07. The van der Waals surface area contributed by atoms with Crippen molar-refractivity contribution in [1.82, 2.24) is 4.98 Å². The molecule has 18 heavy (non-hydrogen) atoms. The molecule has 1 rings (SSSR count). The highest BCUT2D eigenvalue weighted by Gasteiger charge is 2.23. The second kappa shape index (κ2) is 6.49. The van der Waals surface area contributed by atoms with E-state index >= 15 is 0 Å². The van der Waals surface area contributed by atoms with Gasteiger partial charge in [0.1, 0.15) is 5.75 Å². The Hall–Kier alpha value is -1.43. The Bertz CT molecular complexity index is 441.